The standard InChI is InChI=1S/C54H46N2O5P2/c1-39-28-29-40(33-42(39)35-55(44-16-4-2-5-17-44)37-62(58)53-26-14-10-22-48(53)46-20-8-12-24-51(46)60-62)32-41-30-31-50(57)43(34-41)36-56(45-18-6-3-7-19-45)38-63(59)54-27-15-11-23-49(54)47-21-9-13-25-52(47)61-63/h2-31,33-34,57H,32,35-38H2,1H3. The molecule has 2 heterocycles. The average molecular weight is 865 g/mol. The van der Waals surface area contributed by atoms with Crippen molar-refractivity contribution in [2.75, 3.05) is 22.4 Å². The van der Waals surface area contributed by atoms with Crippen LogP contribution in [0.3, 0.4) is 0 Å². The molecule has 0 saturated carbocycles. The van der Waals surface area contributed by atoms with Gasteiger partial charge >= 0.3 is 0 Å². The topological polar surface area (TPSA) is 79.3 Å². The Morgan fingerprint density at radius 3 is 1.40 bits per heavy atom. The number of hydrogen-bond donors (Lipinski definition) is 1. The number of hydrogen-bond acceptors (Lipinski definition) is 7. The van der Waals surface area contributed by atoms with E-state index in [1.165, 1.54) is 0 Å². The van der Waals surface area contributed by atoms with Gasteiger partial charge in [-0.05, 0) is 107 Å². The molecule has 312 valence electrons. The van der Waals surface area contributed by atoms with Crippen LogP contribution >= 0.6 is 14.7 Å². The molecule has 2 aliphatic heterocycles. The van der Waals surface area contributed by atoms with Gasteiger partial charge in [-0.2, -0.15) is 0 Å². The van der Waals surface area contributed by atoms with Gasteiger partial charge in [0, 0.05) is 41.2 Å². The summed E-state index contributed by atoms with van der Waals surface area (Å²) in [7, 11) is -6.85. The van der Waals surface area contributed by atoms with Crippen molar-refractivity contribution in [1.82, 2.24) is 0 Å². The second-order valence-corrected chi connectivity index (χ2v) is 20.9. The molecule has 7 nitrogen and oxygen atoms in total. The molecule has 1 N–H and O–H groups in total. The lowest BCUT2D eigenvalue weighted by Gasteiger charge is -2.34. The molecule has 2 unspecified atom stereocenters. The Labute approximate surface area is 368 Å². The predicted molar refractivity (Wildman–Crippen MR) is 257 cm³/mol. The quantitative estimate of drug-likeness (QED) is 0.123. The summed E-state index contributed by atoms with van der Waals surface area (Å²) in [4.78, 5) is 4.22. The molecule has 0 spiro atoms. The first-order valence-electron chi connectivity index (χ1n) is 21.2. The largest absolute Gasteiger partial charge is 0.508 e. The van der Waals surface area contributed by atoms with E-state index in [9.17, 15) is 5.11 Å². The van der Waals surface area contributed by atoms with Crippen LogP contribution in [-0.4, -0.2) is 17.7 Å². The van der Waals surface area contributed by atoms with Crippen molar-refractivity contribution in [3.8, 4) is 39.5 Å². The average Bonchev–Trinajstić information content (AvgIpc) is 3.31. The minimum Gasteiger partial charge on any atom is -0.508 e. The normalized spacial score (nSPS) is 16.9. The molecule has 0 aromatic heterocycles. The van der Waals surface area contributed by atoms with E-state index >= 15 is 9.13 Å². The van der Waals surface area contributed by atoms with Crippen LogP contribution in [-0.2, 0) is 28.6 Å². The van der Waals surface area contributed by atoms with E-state index in [1.54, 1.807) is 6.07 Å². The van der Waals surface area contributed by atoms with Gasteiger partial charge in [0.15, 0.2) is 0 Å². The van der Waals surface area contributed by atoms with Gasteiger partial charge in [-0.1, -0.05) is 133 Å². The summed E-state index contributed by atoms with van der Waals surface area (Å²) in [5, 5.41) is 12.8. The van der Waals surface area contributed by atoms with Crippen LogP contribution in [0.1, 0.15) is 27.8 Å². The van der Waals surface area contributed by atoms with Crippen LogP contribution in [0.15, 0.2) is 194 Å². The number of benzene rings is 8. The molecule has 8 aromatic rings. The molecule has 0 amide bonds. The van der Waals surface area contributed by atoms with E-state index in [1.807, 2.05) is 163 Å². The van der Waals surface area contributed by atoms with Crippen molar-refractivity contribution >= 4 is 36.7 Å². The number of aryl methyl sites for hydroxylation is 1. The zero-order chi connectivity index (χ0) is 43.0. The van der Waals surface area contributed by atoms with Gasteiger partial charge in [-0.3, -0.25) is 9.13 Å². The third-order valence-electron chi connectivity index (χ3n) is 12.0. The Bertz CT molecular complexity index is 2860. The number of rotatable bonds is 12. The minimum absolute atomic E-state index is 0.112. The van der Waals surface area contributed by atoms with Crippen molar-refractivity contribution in [3.63, 3.8) is 0 Å². The fourth-order valence-electron chi connectivity index (χ4n) is 8.86. The second kappa shape index (κ2) is 16.8. The summed E-state index contributed by atoms with van der Waals surface area (Å²) in [6.07, 6.45) is 0.928. The molecule has 8 aromatic carbocycles. The van der Waals surface area contributed by atoms with Crippen LogP contribution in [0, 0.1) is 6.92 Å². The van der Waals surface area contributed by atoms with Gasteiger partial charge in [0.2, 0.25) is 0 Å². The fraction of sp³-hybridized carbons (Fsp3) is 0.111. The van der Waals surface area contributed by atoms with Gasteiger partial charge in [0.1, 0.15) is 29.8 Å². The van der Waals surface area contributed by atoms with Crippen molar-refractivity contribution in [2.24, 2.45) is 0 Å². The van der Waals surface area contributed by atoms with E-state index in [-0.39, 0.29) is 18.3 Å². The molecule has 2 atom stereocenters. The fourth-order valence-corrected chi connectivity index (χ4v) is 13.6. The van der Waals surface area contributed by atoms with E-state index < -0.39 is 14.7 Å². The minimum atomic E-state index is -3.45. The van der Waals surface area contributed by atoms with Gasteiger partial charge in [0.05, 0.1) is 10.6 Å². The molecule has 0 saturated heterocycles. The summed E-state index contributed by atoms with van der Waals surface area (Å²) in [6, 6.07) is 63.5. The van der Waals surface area contributed by atoms with Crippen molar-refractivity contribution in [1.29, 1.82) is 0 Å². The molecule has 0 fully saturated rings. The zero-order valence-corrected chi connectivity index (χ0v) is 36.7. The number of phenols is 1. The molecule has 10 rings (SSSR count). The lowest BCUT2D eigenvalue weighted by molar-refractivity contribution is 0.466. The number of nitrogens with zero attached hydrogens (tertiary/aromatic N) is 2. The molecular weight excluding hydrogens is 819 g/mol. The first kappa shape index (κ1) is 40.3. The molecular formula is C54H46N2O5P2. The van der Waals surface area contributed by atoms with E-state index in [0.29, 0.717) is 36.3 Å². The van der Waals surface area contributed by atoms with Crippen LogP contribution < -0.4 is 29.5 Å². The van der Waals surface area contributed by atoms with Gasteiger partial charge in [-0.15, -0.1) is 0 Å². The first-order valence-corrected chi connectivity index (χ1v) is 24.8. The summed E-state index contributed by atoms with van der Waals surface area (Å²) in [6.45, 7) is 2.94. The molecule has 63 heavy (non-hydrogen) atoms. The number of para-hydroxylation sites is 4. The van der Waals surface area contributed by atoms with Crippen molar-refractivity contribution in [2.45, 2.75) is 26.4 Å². The first-order chi connectivity index (χ1) is 30.7. The van der Waals surface area contributed by atoms with Gasteiger partial charge in [0.25, 0.3) is 14.7 Å². The molecule has 2 aliphatic rings. The maximum atomic E-state index is 15.1. The molecule has 9 heteroatoms. The number of anilines is 2. The molecule has 0 aliphatic carbocycles. The summed E-state index contributed by atoms with van der Waals surface area (Å²) in [5.41, 5.74) is 10.7. The van der Waals surface area contributed by atoms with Crippen LogP contribution in [0.2, 0.25) is 0 Å². The van der Waals surface area contributed by atoms with Crippen LogP contribution in [0.5, 0.6) is 17.2 Å². The monoisotopic (exact) mass is 864 g/mol. The lowest BCUT2D eigenvalue weighted by Crippen LogP contribution is -2.31. The maximum Gasteiger partial charge on any atom is 0.296 e. The SMILES string of the molecule is Cc1ccc(Cc2ccc(O)c(CN(CP3(=O)Oc4ccccc4-c4ccccc43)c3ccccc3)c2)cc1CN(CP1(=O)Oc2ccccc2-c2ccccc21)c1ccccc1. The smallest absolute Gasteiger partial charge is 0.296 e. The highest BCUT2D eigenvalue weighted by molar-refractivity contribution is 7.68. The third kappa shape index (κ3) is 8.07. The Morgan fingerprint density at radius 1 is 0.460 bits per heavy atom. The van der Waals surface area contributed by atoms with Crippen LogP contribution in [0.25, 0.3) is 22.3 Å². The summed E-state index contributed by atoms with van der Waals surface area (Å²) < 4.78 is 43.2. The summed E-state index contributed by atoms with van der Waals surface area (Å²) >= 11 is 0. The number of aromatic hydroxyl groups is 1. The van der Waals surface area contributed by atoms with E-state index in [4.69, 9.17) is 9.05 Å². The predicted octanol–water partition coefficient (Wildman–Crippen LogP) is 12.5. The van der Waals surface area contributed by atoms with Crippen LogP contribution in [0.4, 0.5) is 11.4 Å². The maximum absolute atomic E-state index is 15.1. The molecule has 0 bridgehead atoms. The number of phenolic OH excluding ortho intramolecular Hbond substituents is 1. The Morgan fingerprint density at radius 2 is 0.873 bits per heavy atom. The second-order valence-electron chi connectivity index (χ2n) is 16.3. The van der Waals surface area contributed by atoms with Crippen molar-refractivity contribution < 1.29 is 23.3 Å². The highest BCUT2D eigenvalue weighted by Gasteiger charge is 2.39. The highest BCUT2D eigenvalue weighted by Crippen LogP contribution is 2.56. The van der Waals surface area contributed by atoms with E-state index in [0.717, 1.165) is 66.8 Å². The Kier molecular flexibility index (Phi) is 10.8. The summed E-state index contributed by atoms with van der Waals surface area (Å²) in [5.74, 6) is 1.41. The molecule has 0 radical (unpaired) electrons. The van der Waals surface area contributed by atoms with Crippen molar-refractivity contribution in [3.05, 3.63) is 222 Å². The van der Waals surface area contributed by atoms with Gasteiger partial charge < -0.3 is 24.0 Å². The lowest BCUT2D eigenvalue weighted by atomic mass is 9.98. The Hall–Kier alpha value is -6.78. The van der Waals surface area contributed by atoms with E-state index in [2.05, 4.69) is 42.2 Å². The third-order valence-corrected chi connectivity index (χ3v) is 16.7. The highest BCUT2D eigenvalue weighted by atomic mass is 31.2. The van der Waals surface area contributed by atoms with Gasteiger partial charge in [-0.25, -0.2) is 0 Å². The number of fused-ring (bicyclic) bond motifs is 6. The Balaban J connectivity index is 0.928. The zero-order valence-electron chi connectivity index (χ0n) is 34.9.